The van der Waals surface area contributed by atoms with Crippen molar-refractivity contribution in [3.63, 3.8) is 0 Å². The minimum Gasteiger partial charge on any atom is -0.465 e. The van der Waals surface area contributed by atoms with Gasteiger partial charge in [0.25, 0.3) is 0 Å². The summed E-state index contributed by atoms with van der Waals surface area (Å²) in [7, 11) is 2.79. The Morgan fingerprint density at radius 3 is 2.20 bits per heavy atom. The average molecular weight is 803 g/mol. The van der Waals surface area contributed by atoms with Crippen LogP contribution in [0.2, 0.25) is 0 Å². The molecule has 2 saturated carbocycles. The molecule has 4 N–H and O–H groups in total. The number of nitrogens with one attached hydrogen (secondary N) is 3. The Bertz CT molecular complexity index is 2360. The van der Waals surface area contributed by atoms with Crippen LogP contribution in [0.4, 0.5) is 9.59 Å². The van der Waals surface area contributed by atoms with Gasteiger partial charge in [-0.05, 0) is 97.1 Å². The van der Waals surface area contributed by atoms with Gasteiger partial charge in [0, 0.05) is 43.5 Å². The smallest absolute Gasteiger partial charge is 0.407 e. The van der Waals surface area contributed by atoms with Crippen LogP contribution in [0.25, 0.3) is 22.0 Å². The van der Waals surface area contributed by atoms with Crippen LogP contribution in [-0.4, -0.2) is 115 Å². The van der Waals surface area contributed by atoms with E-state index in [1.807, 2.05) is 54.1 Å². The molecule has 2 aromatic heterocycles. The topological polar surface area (TPSA) is 186 Å². The molecule has 5 fully saturated rings. The molecular formula is C44H50N8O7. The number of carbonyl (C=O) groups excluding carboxylic acids is 3. The molecular weight excluding hydrogens is 753 g/mol. The number of ether oxygens (including phenoxy) is 2. The van der Waals surface area contributed by atoms with E-state index in [-0.39, 0.29) is 47.8 Å². The number of rotatable bonds is 9. The number of fused-ring (bicyclic) bond motifs is 3. The summed E-state index contributed by atoms with van der Waals surface area (Å²) in [5.74, 6) is 8.24. The van der Waals surface area contributed by atoms with Gasteiger partial charge < -0.3 is 39.7 Å². The summed E-state index contributed by atoms with van der Waals surface area (Å²) >= 11 is 0. The Balaban J connectivity index is 0.886. The molecule has 15 nitrogen and oxygen atoms in total. The average Bonchev–Trinajstić information content (AvgIpc) is 3.83. The van der Waals surface area contributed by atoms with Crippen LogP contribution in [0.3, 0.4) is 0 Å². The van der Waals surface area contributed by atoms with Crippen molar-refractivity contribution in [2.24, 2.45) is 23.7 Å². The number of methoxy groups -OCH3 is 1. The predicted molar refractivity (Wildman–Crippen MR) is 216 cm³/mol. The van der Waals surface area contributed by atoms with Crippen LogP contribution >= 0.6 is 0 Å². The number of imidazole rings is 2. The highest BCUT2D eigenvalue weighted by Gasteiger charge is 2.58. The number of H-pyrrole nitrogens is 2. The van der Waals surface area contributed by atoms with Crippen molar-refractivity contribution in [3.05, 3.63) is 71.7 Å². The summed E-state index contributed by atoms with van der Waals surface area (Å²) in [4.78, 5) is 73.4. The Labute approximate surface area is 342 Å². The fraction of sp³-hybridized carbons (Fsp3) is 0.500. The van der Waals surface area contributed by atoms with Gasteiger partial charge in [0.1, 0.15) is 29.4 Å². The van der Waals surface area contributed by atoms with Gasteiger partial charge in [-0.1, -0.05) is 38.0 Å². The van der Waals surface area contributed by atoms with E-state index in [1.165, 1.54) is 19.1 Å². The van der Waals surface area contributed by atoms with Gasteiger partial charge in [-0.25, -0.2) is 19.6 Å². The van der Waals surface area contributed by atoms with Crippen LogP contribution in [0.15, 0.2) is 48.8 Å². The lowest BCUT2D eigenvalue weighted by Gasteiger charge is -2.38. The minimum atomic E-state index is -1.10. The van der Waals surface area contributed by atoms with Crippen LogP contribution in [-0.2, 0) is 19.1 Å². The first-order chi connectivity index (χ1) is 28.5. The second kappa shape index (κ2) is 15.4. The lowest BCUT2D eigenvalue weighted by atomic mass is 9.89. The molecule has 0 unspecified atom stereocenters. The van der Waals surface area contributed by atoms with E-state index in [9.17, 15) is 24.3 Å². The molecule has 3 saturated heterocycles. The number of aromatic amines is 2. The normalized spacial score (nSPS) is 25.4. The second-order valence-electron chi connectivity index (χ2n) is 17.2. The van der Waals surface area contributed by atoms with Crippen molar-refractivity contribution in [1.82, 2.24) is 40.0 Å². The number of benzene rings is 2. The highest BCUT2D eigenvalue weighted by molar-refractivity contribution is 5.89. The zero-order chi connectivity index (χ0) is 41.1. The van der Waals surface area contributed by atoms with Crippen molar-refractivity contribution in [3.8, 4) is 23.1 Å². The molecule has 8 atom stereocenters. The lowest BCUT2D eigenvalue weighted by molar-refractivity contribution is -0.141. The number of likely N-dealkylation sites (N-methyl/N-ethyl adjacent to an activating group) is 1. The van der Waals surface area contributed by atoms with Crippen molar-refractivity contribution < 1.29 is 33.8 Å². The van der Waals surface area contributed by atoms with Gasteiger partial charge in [0.2, 0.25) is 11.8 Å². The van der Waals surface area contributed by atoms with Crippen LogP contribution < -0.4 is 5.32 Å². The summed E-state index contributed by atoms with van der Waals surface area (Å²) in [5, 5.41) is 14.7. The van der Waals surface area contributed by atoms with Crippen LogP contribution in [0, 0.1) is 35.5 Å². The van der Waals surface area contributed by atoms with Gasteiger partial charge in [-0.2, -0.15) is 0 Å². The summed E-state index contributed by atoms with van der Waals surface area (Å²) in [6, 6.07) is 10.6. The second-order valence-corrected chi connectivity index (χ2v) is 17.2. The monoisotopic (exact) mass is 802 g/mol. The van der Waals surface area contributed by atoms with Crippen LogP contribution in [0.1, 0.15) is 87.4 Å². The SMILES string of the molecule is COC(=O)N[C@H](C(=O)N1[C@@H]2C[C@H]2C[C@H]1c1ncc(C#Cc2ccc3cc(-c4cnc([C@@H]5C[C@H]6C[C@H]6N5C(=O)[C@H](C5CCOCC5)N(C)C(=O)O)[nH]4)ccc3c2)[nH]1)C(C)C. The number of nitrogens with zero attached hydrogens (tertiary/aromatic N) is 5. The molecule has 9 rings (SSSR count). The van der Waals surface area contributed by atoms with Gasteiger partial charge >= 0.3 is 12.2 Å². The van der Waals surface area contributed by atoms with Gasteiger partial charge in [-0.15, -0.1) is 0 Å². The number of likely N-dealkylation sites (tertiary alicyclic amines) is 2. The van der Waals surface area contributed by atoms with Crippen molar-refractivity contribution >= 4 is 34.8 Å². The molecule has 0 radical (unpaired) electrons. The zero-order valence-corrected chi connectivity index (χ0v) is 33.7. The first-order valence-electron chi connectivity index (χ1n) is 20.7. The molecule has 5 aliphatic rings. The summed E-state index contributed by atoms with van der Waals surface area (Å²) < 4.78 is 10.3. The molecule has 2 aliphatic carbocycles. The van der Waals surface area contributed by atoms with E-state index in [1.54, 1.807) is 6.20 Å². The standard InChI is InChI=1S/C44H50N8O7/c1-23(2)37(49-43(55)58-4)41(53)51-33-17-29(33)19-35(51)39-45-21-31(47-39)10-6-24-5-7-27-16-28(9-8-26(27)15-24)32-22-46-40(48-32)36-20-30-18-34(30)52(36)42(54)38(50(3)44(56)57)25-11-13-59-14-12-25/h5,7-9,15-16,21-23,25,29-30,33-38H,11-14,17-20H2,1-4H3,(H,45,47)(H,46,48)(H,49,55)(H,56,57)/t29-,30+,33+,34+,35-,36-,37-,38-/m0/s1. The maximum atomic E-state index is 14.3. The number of hydrogen-bond donors (Lipinski definition) is 4. The van der Waals surface area contributed by atoms with E-state index in [0.717, 1.165) is 59.1 Å². The Morgan fingerprint density at radius 2 is 1.53 bits per heavy atom. The van der Waals surface area contributed by atoms with E-state index < -0.39 is 24.3 Å². The van der Waals surface area contributed by atoms with Crippen molar-refractivity contribution in [2.75, 3.05) is 27.4 Å². The van der Waals surface area contributed by atoms with Gasteiger partial charge in [0.15, 0.2) is 0 Å². The van der Waals surface area contributed by atoms with E-state index >= 15 is 0 Å². The zero-order valence-electron chi connectivity index (χ0n) is 33.7. The number of piperidine rings is 2. The van der Waals surface area contributed by atoms with E-state index in [0.29, 0.717) is 49.4 Å². The third kappa shape index (κ3) is 7.39. The number of hydrogen-bond acceptors (Lipinski definition) is 8. The van der Waals surface area contributed by atoms with Crippen LogP contribution in [0.5, 0.6) is 0 Å². The number of aromatic nitrogens is 4. The highest BCUT2D eigenvalue weighted by Crippen LogP contribution is 2.54. The fourth-order valence-corrected chi connectivity index (χ4v) is 9.73. The fourth-order valence-electron chi connectivity index (χ4n) is 9.73. The number of amides is 4. The number of alkyl carbamates (subject to hydrolysis) is 1. The van der Waals surface area contributed by atoms with Crippen molar-refractivity contribution in [2.45, 2.75) is 88.6 Å². The summed E-state index contributed by atoms with van der Waals surface area (Å²) in [6.45, 7) is 4.86. The molecule has 3 aliphatic heterocycles. The molecule has 0 spiro atoms. The van der Waals surface area contributed by atoms with Gasteiger partial charge in [-0.3, -0.25) is 14.5 Å². The van der Waals surface area contributed by atoms with E-state index in [4.69, 9.17) is 14.5 Å². The Hall–Kier alpha value is -5.88. The minimum absolute atomic E-state index is 0.0923. The third-order valence-corrected chi connectivity index (χ3v) is 13.1. The first kappa shape index (κ1) is 38.6. The molecule has 15 heteroatoms. The quantitative estimate of drug-likeness (QED) is 0.160. The highest BCUT2D eigenvalue weighted by atomic mass is 16.5. The van der Waals surface area contributed by atoms with Gasteiger partial charge in [0.05, 0.1) is 37.3 Å². The molecule has 5 heterocycles. The predicted octanol–water partition coefficient (Wildman–Crippen LogP) is 5.46. The van der Waals surface area contributed by atoms with E-state index in [2.05, 4.69) is 44.2 Å². The largest absolute Gasteiger partial charge is 0.465 e. The lowest BCUT2D eigenvalue weighted by Crippen LogP contribution is -2.54. The Morgan fingerprint density at radius 1 is 0.881 bits per heavy atom. The third-order valence-electron chi connectivity index (χ3n) is 13.1. The first-order valence-corrected chi connectivity index (χ1v) is 20.7. The molecule has 308 valence electrons. The molecule has 4 aromatic rings. The molecule has 0 bridgehead atoms. The number of carbonyl (C=O) groups is 4. The molecule has 2 aromatic carbocycles. The molecule has 4 amide bonds. The maximum absolute atomic E-state index is 14.3. The Kier molecular flexibility index (Phi) is 10.1. The number of carboxylic acid groups (broad SMARTS) is 1. The maximum Gasteiger partial charge on any atom is 0.407 e. The summed E-state index contributed by atoms with van der Waals surface area (Å²) in [6.07, 6.45) is 6.60. The molecule has 59 heavy (non-hydrogen) atoms. The van der Waals surface area contributed by atoms with Crippen molar-refractivity contribution in [1.29, 1.82) is 0 Å². The summed E-state index contributed by atoms with van der Waals surface area (Å²) in [5.41, 5.74) is 3.30.